The lowest BCUT2D eigenvalue weighted by Gasteiger charge is -2.28. The number of phenolic OH excluding ortho intramolecular Hbond substituents is 1. The number of methoxy groups -OCH3 is 1. The third-order valence-electron chi connectivity index (χ3n) is 3.12. The van der Waals surface area contributed by atoms with E-state index in [-0.39, 0.29) is 5.75 Å². The quantitative estimate of drug-likeness (QED) is 0.813. The maximum atomic E-state index is 13.2. The van der Waals surface area contributed by atoms with Crippen molar-refractivity contribution in [2.75, 3.05) is 20.3 Å². The molecule has 1 aromatic rings. The van der Waals surface area contributed by atoms with E-state index in [2.05, 4.69) is 18.7 Å². The Morgan fingerprint density at radius 3 is 2.67 bits per heavy atom. The minimum atomic E-state index is -0.402. The molecular weight excluding hydrogens is 233 g/mol. The smallest absolute Gasteiger partial charge is 0.127 e. The van der Waals surface area contributed by atoms with E-state index in [4.69, 9.17) is 4.74 Å². The second kappa shape index (κ2) is 7.34. The Morgan fingerprint density at radius 1 is 1.39 bits per heavy atom. The summed E-state index contributed by atoms with van der Waals surface area (Å²) in [5.41, 5.74) is 0.781. The molecule has 0 bridgehead atoms. The number of nitrogens with zero attached hydrogens (tertiary/aromatic N) is 1. The molecule has 0 heterocycles. The van der Waals surface area contributed by atoms with Crippen molar-refractivity contribution in [3.05, 3.63) is 29.6 Å². The summed E-state index contributed by atoms with van der Waals surface area (Å²) in [6.45, 7) is 6.31. The van der Waals surface area contributed by atoms with E-state index >= 15 is 0 Å². The normalized spacial score (nSPS) is 12.9. The molecule has 3 nitrogen and oxygen atoms in total. The molecule has 0 spiro atoms. The van der Waals surface area contributed by atoms with Gasteiger partial charge in [-0.2, -0.15) is 0 Å². The van der Waals surface area contributed by atoms with E-state index in [9.17, 15) is 9.50 Å². The molecule has 0 fully saturated rings. The van der Waals surface area contributed by atoms with Crippen LogP contribution >= 0.6 is 0 Å². The summed E-state index contributed by atoms with van der Waals surface area (Å²) in [4.78, 5) is 2.22. The number of halogens is 1. The van der Waals surface area contributed by atoms with Gasteiger partial charge in [-0.1, -0.05) is 6.92 Å². The molecule has 0 aliphatic heterocycles. The third kappa shape index (κ3) is 4.63. The Kier molecular flexibility index (Phi) is 6.09. The molecule has 1 N–H and O–H groups in total. The summed E-state index contributed by atoms with van der Waals surface area (Å²) in [7, 11) is 1.67. The number of rotatable bonds is 7. The summed E-state index contributed by atoms with van der Waals surface area (Å²) in [6.07, 6.45) is 1.02. The fourth-order valence-corrected chi connectivity index (χ4v) is 1.88. The molecular formula is C14H22FNO2. The van der Waals surface area contributed by atoms with E-state index in [1.165, 1.54) is 6.07 Å². The Balaban J connectivity index is 2.74. The second-order valence-electron chi connectivity index (χ2n) is 4.54. The van der Waals surface area contributed by atoms with Crippen molar-refractivity contribution in [3.63, 3.8) is 0 Å². The summed E-state index contributed by atoms with van der Waals surface area (Å²) >= 11 is 0. The second-order valence-corrected chi connectivity index (χ2v) is 4.54. The maximum Gasteiger partial charge on any atom is 0.127 e. The van der Waals surface area contributed by atoms with Crippen LogP contribution in [-0.4, -0.2) is 36.3 Å². The van der Waals surface area contributed by atoms with Gasteiger partial charge in [0.15, 0.2) is 0 Å². The van der Waals surface area contributed by atoms with Crippen molar-refractivity contribution >= 4 is 0 Å². The molecule has 0 radical (unpaired) electrons. The number of hydrogen-bond acceptors (Lipinski definition) is 3. The summed E-state index contributed by atoms with van der Waals surface area (Å²) < 4.78 is 18.3. The Hall–Kier alpha value is -1.13. The number of hydrogen-bond donors (Lipinski definition) is 1. The molecule has 1 atom stereocenters. The van der Waals surface area contributed by atoms with Crippen molar-refractivity contribution in [2.45, 2.75) is 32.9 Å². The SMILES string of the molecule is CCC(C)N(CCOC)Cc1cc(O)cc(F)c1. The first-order chi connectivity index (χ1) is 8.56. The van der Waals surface area contributed by atoms with Crippen LogP contribution in [0.4, 0.5) is 4.39 Å². The first-order valence-electron chi connectivity index (χ1n) is 6.28. The first-order valence-corrected chi connectivity index (χ1v) is 6.28. The standard InChI is InChI=1S/C14H22FNO2/c1-4-11(2)16(5-6-18-3)10-12-7-13(15)9-14(17)8-12/h7-9,11,17H,4-6,10H2,1-3H3. The van der Waals surface area contributed by atoms with Crippen molar-refractivity contribution in [3.8, 4) is 5.75 Å². The van der Waals surface area contributed by atoms with Gasteiger partial charge in [0.25, 0.3) is 0 Å². The van der Waals surface area contributed by atoms with Crippen molar-refractivity contribution in [1.29, 1.82) is 0 Å². The first kappa shape index (κ1) is 14.9. The summed E-state index contributed by atoms with van der Waals surface area (Å²) in [6, 6.07) is 4.57. The zero-order chi connectivity index (χ0) is 13.5. The third-order valence-corrected chi connectivity index (χ3v) is 3.12. The average Bonchev–Trinajstić information content (AvgIpc) is 2.32. The average molecular weight is 255 g/mol. The van der Waals surface area contributed by atoms with Crippen LogP contribution in [0.25, 0.3) is 0 Å². The van der Waals surface area contributed by atoms with Gasteiger partial charge in [-0.15, -0.1) is 0 Å². The van der Waals surface area contributed by atoms with E-state index in [1.807, 2.05) is 0 Å². The summed E-state index contributed by atoms with van der Waals surface area (Å²) in [5.74, 6) is -0.429. The number of benzene rings is 1. The van der Waals surface area contributed by atoms with Gasteiger partial charge < -0.3 is 9.84 Å². The fourth-order valence-electron chi connectivity index (χ4n) is 1.88. The van der Waals surface area contributed by atoms with Crippen LogP contribution in [0.1, 0.15) is 25.8 Å². The van der Waals surface area contributed by atoms with Gasteiger partial charge in [0.2, 0.25) is 0 Å². The van der Waals surface area contributed by atoms with Crippen LogP contribution in [0.5, 0.6) is 5.75 Å². The van der Waals surface area contributed by atoms with Crippen molar-refractivity contribution < 1.29 is 14.2 Å². The van der Waals surface area contributed by atoms with E-state index in [1.54, 1.807) is 13.2 Å². The van der Waals surface area contributed by atoms with Gasteiger partial charge in [0, 0.05) is 32.3 Å². The fraction of sp³-hybridized carbons (Fsp3) is 0.571. The predicted molar refractivity (Wildman–Crippen MR) is 70.1 cm³/mol. The minimum Gasteiger partial charge on any atom is -0.508 e. The highest BCUT2D eigenvalue weighted by atomic mass is 19.1. The van der Waals surface area contributed by atoms with Gasteiger partial charge >= 0.3 is 0 Å². The minimum absolute atomic E-state index is 0.0270. The lowest BCUT2D eigenvalue weighted by Crippen LogP contribution is -2.34. The number of aromatic hydroxyl groups is 1. The zero-order valence-electron chi connectivity index (χ0n) is 11.3. The molecule has 1 unspecified atom stereocenters. The van der Waals surface area contributed by atoms with Crippen LogP contribution in [0.2, 0.25) is 0 Å². The highest BCUT2D eigenvalue weighted by Crippen LogP contribution is 2.17. The predicted octanol–water partition coefficient (Wildman–Crippen LogP) is 2.78. The van der Waals surface area contributed by atoms with Gasteiger partial charge in [0.05, 0.1) is 6.61 Å². The zero-order valence-corrected chi connectivity index (χ0v) is 11.3. The largest absolute Gasteiger partial charge is 0.508 e. The van der Waals surface area contributed by atoms with Gasteiger partial charge in [0.1, 0.15) is 11.6 Å². The van der Waals surface area contributed by atoms with Gasteiger partial charge in [-0.3, -0.25) is 4.90 Å². The molecule has 0 aliphatic rings. The molecule has 18 heavy (non-hydrogen) atoms. The molecule has 102 valence electrons. The monoisotopic (exact) mass is 255 g/mol. The lowest BCUT2D eigenvalue weighted by molar-refractivity contribution is 0.118. The molecule has 0 saturated carbocycles. The van der Waals surface area contributed by atoms with Crippen LogP contribution in [0, 0.1) is 5.82 Å². The van der Waals surface area contributed by atoms with E-state index in [0.717, 1.165) is 24.6 Å². The van der Waals surface area contributed by atoms with E-state index < -0.39 is 5.82 Å². The molecule has 1 rings (SSSR count). The number of ether oxygens (including phenoxy) is 1. The van der Waals surface area contributed by atoms with Gasteiger partial charge in [-0.25, -0.2) is 4.39 Å². The van der Waals surface area contributed by atoms with Crippen molar-refractivity contribution in [1.82, 2.24) is 4.90 Å². The summed E-state index contributed by atoms with van der Waals surface area (Å²) in [5, 5.41) is 9.40. The molecule has 0 amide bonds. The van der Waals surface area contributed by atoms with Crippen LogP contribution < -0.4 is 0 Å². The molecule has 4 heteroatoms. The highest BCUT2D eigenvalue weighted by Gasteiger charge is 2.13. The van der Waals surface area contributed by atoms with E-state index in [0.29, 0.717) is 19.2 Å². The van der Waals surface area contributed by atoms with Crippen LogP contribution in [-0.2, 0) is 11.3 Å². The molecule has 0 aliphatic carbocycles. The Bertz CT molecular complexity index is 351. The van der Waals surface area contributed by atoms with Crippen LogP contribution in [0.15, 0.2) is 18.2 Å². The molecule has 0 saturated heterocycles. The highest BCUT2D eigenvalue weighted by molar-refractivity contribution is 5.28. The van der Waals surface area contributed by atoms with Crippen molar-refractivity contribution in [2.24, 2.45) is 0 Å². The van der Waals surface area contributed by atoms with Gasteiger partial charge in [-0.05, 0) is 31.0 Å². The lowest BCUT2D eigenvalue weighted by atomic mass is 10.1. The molecule has 1 aromatic carbocycles. The Morgan fingerprint density at radius 2 is 2.11 bits per heavy atom. The molecule has 0 aromatic heterocycles. The van der Waals surface area contributed by atoms with Crippen LogP contribution in [0.3, 0.4) is 0 Å². The number of phenols is 1. The Labute approximate surface area is 108 Å². The topological polar surface area (TPSA) is 32.7 Å². The maximum absolute atomic E-state index is 13.2.